The van der Waals surface area contributed by atoms with Gasteiger partial charge in [0.15, 0.2) is 0 Å². The molecule has 0 spiro atoms. The number of aromatic nitrogens is 4. The minimum atomic E-state index is 0.0348. The highest BCUT2D eigenvalue weighted by Gasteiger charge is 2.22. The van der Waals surface area contributed by atoms with E-state index in [-0.39, 0.29) is 5.91 Å². The van der Waals surface area contributed by atoms with Crippen molar-refractivity contribution >= 4 is 5.91 Å². The molecule has 0 bridgehead atoms. The summed E-state index contributed by atoms with van der Waals surface area (Å²) in [4.78, 5) is 25.2. The number of hydrogen-bond donors (Lipinski definition) is 0. The first-order chi connectivity index (χ1) is 12.0. The molecule has 0 atom stereocenters. The average molecular weight is 342 g/mol. The second-order valence-corrected chi connectivity index (χ2v) is 6.87. The lowest BCUT2D eigenvalue weighted by Gasteiger charge is -2.22. The fourth-order valence-corrected chi connectivity index (χ4v) is 3.10. The highest BCUT2D eigenvalue weighted by atomic mass is 16.2. The third-order valence-corrected chi connectivity index (χ3v) is 4.61. The van der Waals surface area contributed by atoms with E-state index in [1.165, 1.54) is 11.9 Å². The van der Waals surface area contributed by atoms with Crippen LogP contribution < -0.4 is 0 Å². The Morgan fingerprint density at radius 1 is 1.20 bits per heavy atom. The Hall–Kier alpha value is -2.28. The van der Waals surface area contributed by atoms with Gasteiger partial charge in [-0.3, -0.25) is 14.4 Å². The Morgan fingerprint density at radius 2 is 2.04 bits per heavy atom. The molecule has 1 aliphatic rings. The van der Waals surface area contributed by atoms with Crippen molar-refractivity contribution < 1.29 is 4.79 Å². The summed E-state index contributed by atoms with van der Waals surface area (Å²) in [6, 6.07) is 0.377. The van der Waals surface area contributed by atoms with E-state index >= 15 is 0 Å². The maximum atomic E-state index is 12.7. The fourth-order valence-electron chi connectivity index (χ4n) is 3.10. The summed E-state index contributed by atoms with van der Waals surface area (Å²) < 4.78 is 1.99. The summed E-state index contributed by atoms with van der Waals surface area (Å²) in [5.74, 6) is 0.0348. The molecule has 0 aromatic carbocycles. The molecule has 25 heavy (non-hydrogen) atoms. The van der Waals surface area contributed by atoms with Crippen LogP contribution in [-0.2, 0) is 6.54 Å². The van der Waals surface area contributed by atoms with E-state index in [1.807, 2.05) is 22.7 Å². The molecule has 1 aliphatic heterocycles. The van der Waals surface area contributed by atoms with Crippen molar-refractivity contribution in [1.29, 1.82) is 0 Å². The number of carbonyl (C=O) groups is 1. The summed E-state index contributed by atoms with van der Waals surface area (Å²) in [6.07, 6.45) is 8.12. The van der Waals surface area contributed by atoms with E-state index in [0.717, 1.165) is 44.8 Å². The van der Waals surface area contributed by atoms with Gasteiger partial charge in [0, 0.05) is 56.7 Å². The van der Waals surface area contributed by atoms with Crippen LogP contribution in [0.4, 0.5) is 0 Å². The molecule has 0 radical (unpaired) electrons. The lowest BCUT2D eigenvalue weighted by Crippen LogP contribution is -2.35. The highest BCUT2D eigenvalue weighted by Crippen LogP contribution is 2.13. The Labute approximate surface area is 148 Å². The zero-order valence-corrected chi connectivity index (χ0v) is 15.2. The van der Waals surface area contributed by atoms with Gasteiger partial charge in [0.05, 0.1) is 17.5 Å². The molecule has 0 saturated carbocycles. The van der Waals surface area contributed by atoms with E-state index in [9.17, 15) is 4.79 Å². The van der Waals surface area contributed by atoms with E-state index in [2.05, 4.69) is 40.0 Å². The number of aryl methyl sites for hydroxylation is 1. The molecule has 7 heteroatoms. The highest BCUT2D eigenvalue weighted by molar-refractivity contribution is 5.94. The van der Waals surface area contributed by atoms with E-state index in [0.29, 0.717) is 11.6 Å². The molecule has 2 aromatic rings. The van der Waals surface area contributed by atoms with Crippen LogP contribution in [0.5, 0.6) is 0 Å². The van der Waals surface area contributed by atoms with Gasteiger partial charge in [-0.15, -0.1) is 0 Å². The minimum absolute atomic E-state index is 0.0348. The van der Waals surface area contributed by atoms with Crippen molar-refractivity contribution in [2.75, 3.05) is 26.2 Å². The third kappa shape index (κ3) is 4.22. The van der Waals surface area contributed by atoms with Crippen LogP contribution in [-0.4, -0.2) is 61.6 Å². The largest absolute Gasteiger partial charge is 0.337 e. The number of rotatable bonds is 4. The smallest absolute Gasteiger partial charge is 0.257 e. The second-order valence-electron chi connectivity index (χ2n) is 6.87. The zero-order valence-electron chi connectivity index (χ0n) is 15.2. The van der Waals surface area contributed by atoms with Crippen LogP contribution in [0.15, 0.2) is 24.9 Å². The molecule has 3 rings (SSSR count). The Balaban J connectivity index is 1.60. The number of hydrogen-bond acceptors (Lipinski definition) is 5. The first-order valence-electron chi connectivity index (χ1n) is 8.86. The minimum Gasteiger partial charge on any atom is -0.337 e. The van der Waals surface area contributed by atoms with Crippen molar-refractivity contribution in [2.45, 2.75) is 39.8 Å². The quantitative estimate of drug-likeness (QED) is 0.849. The molecular weight excluding hydrogens is 316 g/mol. The summed E-state index contributed by atoms with van der Waals surface area (Å²) in [6.45, 7) is 10.3. The second kappa shape index (κ2) is 7.74. The average Bonchev–Trinajstić information content (AvgIpc) is 2.94. The molecule has 0 N–H and O–H groups in total. The maximum absolute atomic E-state index is 12.7. The van der Waals surface area contributed by atoms with Crippen LogP contribution >= 0.6 is 0 Å². The van der Waals surface area contributed by atoms with Gasteiger partial charge in [-0.25, -0.2) is 9.97 Å². The number of carbonyl (C=O) groups excluding carboxylic acids is 1. The van der Waals surface area contributed by atoms with Gasteiger partial charge >= 0.3 is 0 Å². The van der Waals surface area contributed by atoms with Crippen LogP contribution in [0.2, 0.25) is 0 Å². The Bertz CT molecular complexity index is 726. The Kier molecular flexibility index (Phi) is 5.43. The van der Waals surface area contributed by atoms with Crippen LogP contribution in [0, 0.1) is 6.92 Å². The molecule has 1 amide bonds. The maximum Gasteiger partial charge on any atom is 0.257 e. The van der Waals surface area contributed by atoms with Crippen molar-refractivity contribution in [3.8, 4) is 0 Å². The van der Waals surface area contributed by atoms with Gasteiger partial charge in [-0.2, -0.15) is 5.10 Å². The van der Waals surface area contributed by atoms with Crippen molar-refractivity contribution in [1.82, 2.24) is 29.5 Å². The predicted molar refractivity (Wildman–Crippen MR) is 95.2 cm³/mol. The van der Waals surface area contributed by atoms with Gasteiger partial charge in [0.1, 0.15) is 6.33 Å². The summed E-state index contributed by atoms with van der Waals surface area (Å²) in [5.41, 5.74) is 2.57. The number of nitrogens with zero attached hydrogens (tertiary/aromatic N) is 6. The van der Waals surface area contributed by atoms with Crippen molar-refractivity contribution in [3.63, 3.8) is 0 Å². The van der Waals surface area contributed by atoms with Crippen LogP contribution in [0.3, 0.4) is 0 Å². The monoisotopic (exact) mass is 342 g/mol. The van der Waals surface area contributed by atoms with E-state index in [4.69, 9.17) is 0 Å². The molecule has 2 aromatic heterocycles. The first kappa shape index (κ1) is 17.5. The molecule has 0 unspecified atom stereocenters. The summed E-state index contributed by atoms with van der Waals surface area (Å²) >= 11 is 0. The molecule has 0 aliphatic carbocycles. The number of amides is 1. The van der Waals surface area contributed by atoms with Crippen molar-refractivity contribution in [3.05, 3.63) is 41.7 Å². The van der Waals surface area contributed by atoms with Gasteiger partial charge in [-0.05, 0) is 27.2 Å². The first-order valence-corrected chi connectivity index (χ1v) is 8.86. The third-order valence-electron chi connectivity index (χ3n) is 4.61. The lowest BCUT2D eigenvalue weighted by molar-refractivity contribution is 0.0759. The lowest BCUT2D eigenvalue weighted by atomic mass is 10.2. The molecular formula is C18H26N6O. The molecule has 134 valence electrons. The van der Waals surface area contributed by atoms with Crippen LogP contribution in [0.25, 0.3) is 0 Å². The molecule has 7 nitrogen and oxygen atoms in total. The topological polar surface area (TPSA) is 67.2 Å². The van der Waals surface area contributed by atoms with E-state index in [1.54, 1.807) is 6.20 Å². The van der Waals surface area contributed by atoms with Gasteiger partial charge in [-0.1, -0.05) is 0 Å². The SMILES string of the molecule is Cc1ncncc1C(=O)N1CCCN(Cc2cnn(C(C)C)c2)CC1. The zero-order chi connectivity index (χ0) is 17.8. The Morgan fingerprint density at radius 3 is 2.76 bits per heavy atom. The van der Waals surface area contributed by atoms with Gasteiger partial charge < -0.3 is 4.90 Å². The van der Waals surface area contributed by atoms with Crippen LogP contribution in [0.1, 0.15) is 47.9 Å². The summed E-state index contributed by atoms with van der Waals surface area (Å²) in [7, 11) is 0. The van der Waals surface area contributed by atoms with Crippen molar-refractivity contribution in [2.24, 2.45) is 0 Å². The van der Waals surface area contributed by atoms with Gasteiger partial charge in [0.25, 0.3) is 5.91 Å². The normalized spacial score (nSPS) is 16.2. The van der Waals surface area contributed by atoms with Gasteiger partial charge in [0.2, 0.25) is 0 Å². The molecule has 3 heterocycles. The summed E-state index contributed by atoms with van der Waals surface area (Å²) in [5, 5.41) is 4.41. The standard InChI is InChI=1S/C18H26N6O/c1-14(2)24-12-16(9-21-24)11-22-5-4-6-23(8-7-22)18(25)17-10-19-13-20-15(17)3/h9-10,12-14H,4-8,11H2,1-3H3. The predicted octanol–water partition coefficient (Wildman–Crippen LogP) is 1.91. The van der Waals surface area contributed by atoms with E-state index < -0.39 is 0 Å². The molecule has 1 fully saturated rings. The molecule has 1 saturated heterocycles. The fraction of sp³-hybridized carbons (Fsp3) is 0.556.